The molecule has 0 spiro atoms. The number of benzene rings is 1. The molecule has 0 bridgehead atoms. The van der Waals surface area contributed by atoms with Crippen LogP contribution in [0.25, 0.3) is 6.08 Å². The van der Waals surface area contributed by atoms with Crippen LogP contribution in [0.4, 0.5) is 10.1 Å². The van der Waals surface area contributed by atoms with Crippen LogP contribution in [0, 0.1) is 11.7 Å². The first-order chi connectivity index (χ1) is 10.5. The molecule has 0 aliphatic rings. The topological polar surface area (TPSA) is 46.2 Å². The summed E-state index contributed by atoms with van der Waals surface area (Å²) in [6.07, 6.45) is 1.57. The number of nitrogens with one attached hydrogen (secondary N) is 1. The lowest BCUT2D eigenvalue weighted by Gasteiger charge is -2.10. The van der Waals surface area contributed by atoms with Crippen molar-refractivity contribution in [3.8, 4) is 0 Å². The summed E-state index contributed by atoms with van der Waals surface area (Å²) in [5, 5.41) is 4.44. The summed E-state index contributed by atoms with van der Waals surface area (Å²) >= 11 is 1.44. The molecule has 1 aromatic heterocycles. The van der Waals surface area contributed by atoms with Gasteiger partial charge in [0.2, 0.25) is 0 Å². The number of carbonyl (C=O) groups is 2. The van der Waals surface area contributed by atoms with E-state index in [1.807, 2.05) is 17.5 Å². The molecular formula is C17H16FNO2S. The molecule has 0 aliphatic heterocycles. The highest BCUT2D eigenvalue weighted by Gasteiger charge is 2.21. The fraction of sp³-hybridized carbons (Fsp3) is 0.176. The Morgan fingerprint density at radius 1 is 1.23 bits per heavy atom. The van der Waals surface area contributed by atoms with E-state index in [4.69, 9.17) is 0 Å². The fourth-order valence-electron chi connectivity index (χ4n) is 1.84. The second-order valence-corrected chi connectivity index (χ2v) is 6.04. The number of anilines is 1. The zero-order valence-electron chi connectivity index (χ0n) is 12.3. The highest BCUT2D eigenvalue weighted by atomic mass is 32.1. The number of Topliss-reactive ketones (excluding diaryl/α,β-unsaturated/α-hetero) is 1. The van der Waals surface area contributed by atoms with Crippen LogP contribution in [-0.4, -0.2) is 11.7 Å². The zero-order chi connectivity index (χ0) is 16.1. The Balaban J connectivity index is 2.29. The maximum absolute atomic E-state index is 13.2. The third-order valence-corrected chi connectivity index (χ3v) is 3.77. The summed E-state index contributed by atoms with van der Waals surface area (Å²) < 4.78 is 13.2. The molecule has 1 amide bonds. The van der Waals surface area contributed by atoms with Crippen LogP contribution in [0.1, 0.15) is 18.7 Å². The summed E-state index contributed by atoms with van der Waals surface area (Å²) in [7, 11) is 0. The normalized spacial score (nSPS) is 11.5. The molecule has 0 fully saturated rings. The van der Waals surface area contributed by atoms with E-state index in [-0.39, 0.29) is 17.3 Å². The molecule has 0 unspecified atom stereocenters. The molecule has 0 saturated heterocycles. The van der Waals surface area contributed by atoms with Crippen LogP contribution in [0.15, 0.2) is 47.4 Å². The zero-order valence-corrected chi connectivity index (χ0v) is 13.1. The first-order valence-corrected chi connectivity index (χ1v) is 7.71. The number of hydrogen-bond acceptors (Lipinski definition) is 3. The number of carbonyl (C=O) groups excluding carboxylic acids is 2. The quantitative estimate of drug-likeness (QED) is 0.512. The van der Waals surface area contributed by atoms with Gasteiger partial charge >= 0.3 is 0 Å². The average Bonchev–Trinajstić information content (AvgIpc) is 2.96. The van der Waals surface area contributed by atoms with Crippen molar-refractivity contribution in [3.05, 3.63) is 58.0 Å². The third-order valence-electron chi connectivity index (χ3n) is 2.95. The smallest absolute Gasteiger partial charge is 0.259 e. The Hall–Kier alpha value is -2.27. The number of thiophene rings is 1. The van der Waals surface area contributed by atoms with Gasteiger partial charge in [-0.05, 0) is 35.7 Å². The van der Waals surface area contributed by atoms with E-state index < -0.39 is 11.7 Å². The lowest BCUT2D eigenvalue weighted by molar-refractivity contribution is -0.121. The molecule has 0 aliphatic carbocycles. The summed E-state index contributed by atoms with van der Waals surface area (Å²) in [5.74, 6) is -1.53. The van der Waals surface area contributed by atoms with Gasteiger partial charge in [-0.25, -0.2) is 4.39 Å². The van der Waals surface area contributed by atoms with E-state index in [2.05, 4.69) is 5.32 Å². The van der Waals surface area contributed by atoms with Crippen LogP contribution in [0.3, 0.4) is 0 Å². The summed E-state index contributed by atoms with van der Waals surface area (Å²) in [5.41, 5.74) is 0.389. The Labute approximate surface area is 132 Å². The minimum absolute atomic E-state index is 0.0710. The van der Waals surface area contributed by atoms with Crippen molar-refractivity contribution in [2.45, 2.75) is 13.8 Å². The lowest BCUT2D eigenvalue weighted by atomic mass is 9.99. The van der Waals surface area contributed by atoms with Crippen LogP contribution < -0.4 is 5.32 Å². The van der Waals surface area contributed by atoms with Gasteiger partial charge in [0, 0.05) is 16.5 Å². The van der Waals surface area contributed by atoms with Gasteiger partial charge in [0.1, 0.15) is 5.82 Å². The van der Waals surface area contributed by atoms with E-state index in [1.54, 1.807) is 26.0 Å². The van der Waals surface area contributed by atoms with Crippen LogP contribution in [0.5, 0.6) is 0 Å². The molecule has 0 atom stereocenters. The van der Waals surface area contributed by atoms with Gasteiger partial charge in [0.15, 0.2) is 5.78 Å². The highest BCUT2D eigenvalue weighted by molar-refractivity contribution is 7.10. The number of hydrogen-bond donors (Lipinski definition) is 1. The van der Waals surface area contributed by atoms with Crippen molar-refractivity contribution in [1.82, 2.24) is 0 Å². The van der Waals surface area contributed by atoms with Gasteiger partial charge in [-0.1, -0.05) is 26.0 Å². The molecule has 3 nitrogen and oxygen atoms in total. The average molecular weight is 317 g/mol. The first kappa shape index (κ1) is 16.1. The molecule has 114 valence electrons. The highest BCUT2D eigenvalue weighted by Crippen LogP contribution is 2.18. The molecule has 2 aromatic rings. The second-order valence-electron chi connectivity index (χ2n) is 5.06. The van der Waals surface area contributed by atoms with E-state index in [9.17, 15) is 14.0 Å². The molecule has 5 heteroatoms. The molecule has 0 radical (unpaired) electrons. The maximum atomic E-state index is 13.2. The molecule has 1 heterocycles. The van der Waals surface area contributed by atoms with Crippen LogP contribution >= 0.6 is 11.3 Å². The van der Waals surface area contributed by atoms with Crippen molar-refractivity contribution in [2.75, 3.05) is 5.32 Å². The predicted octanol–water partition coefficient (Wildman–Crippen LogP) is 4.13. The van der Waals surface area contributed by atoms with E-state index in [0.717, 1.165) is 4.88 Å². The number of halogens is 1. The SMILES string of the molecule is CC(C)C(=O)C(=Cc1cccs1)C(=O)Nc1cccc(F)c1. The molecule has 1 N–H and O–H groups in total. The van der Waals surface area contributed by atoms with Gasteiger partial charge in [-0.15, -0.1) is 11.3 Å². The Morgan fingerprint density at radius 2 is 2.00 bits per heavy atom. The monoisotopic (exact) mass is 317 g/mol. The summed E-state index contributed by atoms with van der Waals surface area (Å²) in [4.78, 5) is 25.5. The van der Waals surface area contributed by atoms with Crippen molar-refractivity contribution < 1.29 is 14.0 Å². The standard InChI is InChI=1S/C17H16FNO2S/c1-11(2)16(20)15(10-14-7-4-8-22-14)17(21)19-13-6-3-5-12(18)9-13/h3-11H,1-2H3,(H,19,21). The Bertz CT molecular complexity index is 705. The molecule has 2 rings (SSSR count). The van der Waals surface area contributed by atoms with Crippen LogP contribution in [-0.2, 0) is 9.59 Å². The summed E-state index contributed by atoms with van der Waals surface area (Å²) in [6, 6.07) is 9.24. The Kier molecular flexibility index (Phi) is 5.22. The second kappa shape index (κ2) is 7.13. The number of amides is 1. The fourth-order valence-corrected chi connectivity index (χ4v) is 2.50. The number of ketones is 1. The van der Waals surface area contributed by atoms with E-state index in [1.165, 1.54) is 29.5 Å². The van der Waals surface area contributed by atoms with Gasteiger partial charge in [0.25, 0.3) is 5.91 Å². The van der Waals surface area contributed by atoms with Crippen molar-refractivity contribution in [2.24, 2.45) is 5.92 Å². The minimum Gasteiger partial charge on any atom is -0.322 e. The maximum Gasteiger partial charge on any atom is 0.259 e. The first-order valence-electron chi connectivity index (χ1n) is 6.83. The van der Waals surface area contributed by atoms with Gasteiger partial charge in [0.05, 0.1) is 5.57 Å². The minimum atomic E-state index is -0.530. The van der Waals surface area contributed by atoms with Gasteiger partial charge < -0.3 is 5.32 Å². The predicted molar refractivity (Wildman–Crippen MR) is 87.2 cm³/mol. The Morgan fingerprint density at radius 3 is 2.59 bits per heavy atom. The van der Waals surface area contributed by atoms with Crippen molar-refractivity contribution >= 4 is 34.8 Å². The molecular weight excluding hydrogens is 301 g/mol. The number of rotatable bonds is 5. The molecule has 22 heavy (non-hydrogen) atoms. The largest absolute Gasteiger partial charge is 0.322 e. The van der Waals surface area contributed by atoms with E-state index in [0.29, 0.717) is 5.69 Å². The van der Waals surface area contributed by atoms with Crippen LogP contribution in [0.2, 0.25) is 0 Å². The molecule has 0 saturated carbocycles. The van der Waals surface area contributed by atoms with Crippen molar-refractivity contribution in [3.63, 3.8) is 0 Å². The van der Waals surface area contributed by atoms with Gasteiger partial charge in [-0.3, -0.25) is 9.59 Å². The summed E-state index contributed by atoms with van der Waals surface area (Å²) in [6.45, 7) is 3.47. The van der Waals surface area contributed by atoms with E-state index >= 15 is 0 Å². The third kappa shape index (κ3) is 4.11. The lowest BCUT2D eigenvalue weighted by Crippen LogP contribution is -2.23. The van der Waals surface area contributed by atoms with Gasteiger partial charge in [-0.2, -0.15) is 0 Å². The van der Waals surface area contributed by atoms with Crippen molar-refractivity contribution in [1.29, 1.82) is 0 Å². The molecule has 1 aromatic carbocycles.